The number of nitrogens with one attached hydrogen (secondary N) is 1. The number of hydrogen-bond acceptors (Lipinski definition) is 4. The monoisotopic (exact) mass is 394 g/mol. The topological polar surface area (TPSA) is 74.8 Å². The standard InChI is InChI=1S/C23H26N2O4/c1-25-9-8-14-10-22(29-3)19(23(26)27)12-18(14)21(25)7-4-15-13-24-20-6-5-16(28-2)11-17(15)20/h5-6,10-13,21,24H,4,7-9H2,1-3H3,(H,26,27). The molecule has 152 valence electrons. The van der Waals surface area contributed by atoms with E-state index in [1.165, 1.54) is 23.6 Å². The Morgan fingerprint density at radius 2 is 2.07 bits per heavy atom. The fourth-order valence-corrected chi connectivity index (χ4v) is 4.35. The number of carboxylic acids is 1. The number of nitrogens with zero attached hydrogens (tertiary/aromatic N) is 1. The van der Waals surface area contributed by atoms with E-state index >= 15 is 0 Å². The molecule has 4 rings (SSSR count). The second kappa shape index (κ2) is 7.79. The van der Waals surface area contributed by atoms with Crippen LogP contribution < -0.4 is 9.47 Å². The molecule has 1 aliphatic rings. The first kappa shape index (κ1) is 19.3. The van der Waals surface area contributed by atoms with Crippen molar-refractivity contribution in [3.63, 3.8) is 0 Å². The summed E-state index contributed by atoms with van der Waals surface area (Å²) in [6.45, 7) is 0.939. The highest BCUT2D eigenvalue weighted by Crippen LogP contribution is 2.37. The Labute approximate surface area is 170 Å². The molecule has 0 fully saturated rings. The average Bonchev–Trinajstić information content (AvgIpc) is 3.14. The fourth-order valence-electron chi connectivity index (χ4n) is 4.35. The number of aromatic nitrogens is 1. The third kappa shape index (κ3) is 3.56. The van der Waals surface area contributed by atoms with Crippen molar-refractivity contribution in [3.8, 4) is 11.5 Å². The van der Waals surface area contributed by atoms with Gasteiger partial charge in [0.1, 0.15) is 17.1 Å². The third-order valence-electron chi connectivity index (χ3n) is 5.98. The minimum atomic E-state index is -0.958. The van der Waals surface area contributed by atoms with E-state index in [9.17, 15) is 9.90 Å². The maximum absolute atomic E-state index is 11.7. The van der Waals surface area contributed by atoms with Crippen molar-refractivity contribution in [1.82, 2.24) is 9.88 Å². The highest BCUT2D eigenvalue weighted by Gasteiger charge is 2.27. The van der Waals surface area contributed by atoms with E-state index in [0.29, 0.717) is 5.75 Å². The van der Waals surface area contributed by atoms with Gasteiger partial charge in [0.15, 0.2) is 0 Å². The summed E-state index contributed by atoms with van der Waals surface area (Å²) in [7, 11) is 5.30. The zero-order valence-corrected chi connectivity index (χ0v) is 17.0. The smallest absolute Gasteiger partial charge is 0.339 e. The summed E-state index contributed by atoms with van der Waals surface area (Å²) in [5.74, 6) is 0.320. The highest BCUT2D eigenvalue weighted by atomic mass is 16.5. The molecule has 2 aromatic carbocycles. The number of aromatic amines is 1. The SMILES string of the molecule is COc1ccc2[nH]cc(CCC3c4cc(C(=O)O)c(OC)cc4CCN3C)c2c1. The summed E-state index contributed by atoms with van der Waals surface area (Å²) in [5.41, 5.74) is 4.83. The van der Waals surface area contributed by atoms with E-state index in [1.807, 2.05) is 18.2 Å². The number of benzene rings is 2. The Kier molecular flexibility index (Phi) is 5.20. The summed E-state index contributed by atoms with van der Waals surface area (Å²) in [4.78, 5) is 17.3. The molecule has 1 aromatic heterocycles. The lowest BCUT2D eigenvalue weighted by Crippen LogP contribution is -2.32. The third-order valence-corrected chi connectivity index (χ3v) is 5.98. The van der Waals surface area contributed by atoms with Crippen molar-refractivity contribution in [2.24, 2.45) is 0 Å². The Bertz CT molecular complexity index is 1060. The van der Waals surface area contributed by atoms with E-state index in [2.05, 4.69) is 29.2 Å². The Morgan fingerprint density at radius 3 is 2.79 bits per heavy atom. The van der Waals surface area contributed by atoms with Crippen LogP contribution in [0, 0.1) is 0 Å². The first-order valence-electron chi connectivity index (χ1n) is 9.80. The van der Waals surface area contributed by atoms with E-state index in [1.54, 1.807) is 13.2 Å². The van der Waals surface area contributed by atoms with Crippen molar-refractivity contribution in [2.75, 3.05) is 27.8 Å². The van der Waals surface area contributed by atoms with Crippen LogP contribution in [0.25, 0.3) is 10.9 Å². The second-order valence-corrected chi connectivity index (χ2v) is 7.57. The van der Waals surface area contributed by atoms with Crippen molar-refractivity contribution in [3.05, 3.63) is 58.8 Å². The lowest BCUT2D eigenvalue weighted by molar-refractivity contribution is 0.0692. The van der Waals surface area contributed by atoms with Crippen LogP contribution in [0.1, 0.15) is 39.5 Å². The zero-order chi connectivity index (χ0) is 20.5. The molecular weight excluding hydrogens is 368 g/mol. The number of H-pyrrole nitrogens is 1. The number of likely N-dealkylation sites (N-methyl/N-ethyl adjacent to an activating group) is 1. The number of aryl methyl sites for hydroxylation is 1. The van der Waals surface area contributed by atoms with Crippen molar-refractivity contribution in [1.29, 1.82) is 0 Å². The van der Waals surface area contributed by atoms with Gasteiger partial charge < -0.3 is 19.6 Å². The molecule has 29 heavy (non-hydrogen) atoms. The maximum Gasteiger partial charge on any atom is 0.339 e. The van der Waals surface area contributed by atoms with Crippen LogP contribution >= 0.6 is 0 Å². The summed E-state index contributed by atoms with van der Waals surface area (Å²) < 4.78 is 10.7. The lowest BCUT2D eigenvalue weighted by Gasteiger charge is -2.35. The van der Waals surface area contributed by atoms with E-state index in [-0.39, 0.29) is 11.6 Å². The number of ether oxygens (including phenoxy) is 2. The van der Waals surface area contributed by atoms with Crippen molar-refractivity contribution >= 4 is 16.9 Å². The molecule has 1 aliphatic heterocycles. The summed E-state index contributed by atoms with van der Waals surface area (Å²) in [6, 6.07) is 9.91. The minimum Gasteiger partial charge on any atom is -0.497 e. The lowest BCUT2D eigenvalue weighted by atomic mass is 9.87. The molecule has 0 aliphatic carbocycles. The van der Waals surface area contributed by atoms with Gasteiger partial charge in [-0.05, 0) is 73.3 Å². The molecule has 3 aromatic rings. The van der Waals surface area contributed by atoms with Gasteiger partial charge in [-0.3, -0.25) is 4.90 Å². The summed E-state index contributed by atoms with van der Waals surface area (Å²) >= 11 is 0. The van der Waals surface area contributed by atoms with Crippen LogP contribution in [0.4, 0.5) is 0 Å². The van der Waals surface area contributed by atoms with Crippen LogP contribution in [0.2, 0.25) is 0 Å². The molecular formula is C23H26N2O4. The van der Waals surface area contributed by atoms with Gasteiger partial charge in [-0.1, -0.05) is 0 Å². The zero-order valence-electron chi connectivity index (χ0n) is 17.0. The van der Waals surface area contributed by atoms with Crippen molar-refractivity contribution < 1.29 is 19.4 Å². The van der Waals surface area contributed by atoms with Gasteiger partial charge in [-0.25, -0.2) is 4.79 Å². The van der Waals surface area contributed by atoms with Gasteiger partial charge in [0, 0.05) is 29.7 Å². The maximum atomic E-state index is 11.7. The number of carbonyl (C=O) groups is 1. The molecule has 6 nitrogen and oxygen atoms in total. The molecule has 0 bridgehead atoms. The van der Waals surface area contributed by atoms with Crippen LogP contribution in [-0.2, 0) is 12.8 Å². The van der Waals surface area contributed by atoms with Gasteiger partial charge in [0.2, 0.25) is 0 Å². The van der Waals surface area contributed by atoms with Gasteiger partial charge in [0.25, 0.3) is 0 Å². The highest BCUT2D eigenvalue weighted by molar-refractivity contribution is 5.91. The van der Waals surface area contributed by atoms with Gasteiger partial charge >= 0.3 is 5.97 Å². The summed E-state index contributed by atoms with van der Waals surface area (Å²) in [5, 5.41) is 10.8. The molecule has 2 N–H and O–H groups in total. The van der Waals surface area contributed by atoms with E-state index in [0.717, 1.165) is 42.6 Å². The Morgan fingerprint density at radius 1 is 1.24 bits per heavy atom. The molecule has 0 radical (unpaired) electrons. The summed E-state index contributed by atoms with van der Waals surface area (Å²) in [6.07, 6.45) is 4.74. The molecule has 2 heterocycles. The molecule has 0 saturated heterocycles. The first-order valence-corrected chi connectivity index (χ1v) is 9.80. The molecule has 0 saturated carbocycles. The number of hydrogen-bond donors (Lipinski definition) is 2. The van der Waals surface area contributed by atoms with E-state index in [4.69, 9.17) is 9.47 Å². The minimum absolute atomic E-state index is 0.165. The average molecular weight is 394 g/mol. The van der Waals surface area contributed by atoms with Gasteiger partial charge in [0.05, 0.1) is 14.2 Å². The van der Waals surface area contributed by atoms with Crippen molar-refractivity contribution in [2.45, 2.75) is 25.3 Å². The Hall–Kier alpha value is -2.99. The number of rotatable bonds is 6. The largest absolute Gasteiger partial charge is 0.497 e. The normalized spacial score (nSPS) is 16.6. The predicted molar refractivity (Wildman–Crippen MR) is 112 cm³/mol. The fraction of sp³-hybridized carbons (Fsp3) is 0.348. The molecule has 1 unspecified atom stereocenters. The number of fused-ring (bicyclic) bond motifs is 2. The second-order valence-electron chi connectivity index (χ2n) is 7.57. The van der Waals surface area contributed by atoms with E-state index < -0.39 is 5.97 Å². The quantitative estimate of drug-likeness (QED) is 0.660. The van der Waals surface area contributed by atoms with Crippen LogP contribution in [0.15, 0.2) is 36.5 Å². The van der Waals surface area contributed by atoms with Crippen LogP contribution in [0.3, 0.4) is 0 Å². The van der Waals surface area contributed by atoms with Crippen LogP contribution in [0.5, 0.6) is 11.5 Å². The molecule has 6 heteroatoms. The predicted octanol–water partition coefficient (Wildman–Crippen LogP) is 4.05. The first-order chi connectivity index (χ1) is 14.0. The van der Waals surface area contributed by atoms with Crippen LogP contribution in [-0.4, -0.2) is 48.8 Å². The van der Waals surface area contributed by atoms with Gasteiger partial charge in [-0.15, -0.1) is 0 Å². The number of carboxylic acid groups (broad SMARTS) is 1. The molecule has 0 spiro atoms. The molecule has 0 amide bonds. The Balaban J connectivity index is 1.65. The number of aromatic carboxylic acids is 1. The van der Waals surface area contributed by atoms with Gasteiger partial charge in [-0.2, -0.15) is 0 Å². The molecule has 1 atom stereocenters. The number of methoxy groups -OCH3 is 2.